The number of sulfonamides is 1. The van der Waals surface area contributed by atoms with Gasteiger partial charge in [0.2, 0.25) is 0 Å². The number of carbonyl (C=O) groups is 1. The van der Waals surface area contributed by atoms with Crippen molar-refractivity contribution in [3.05, 3.63) is 77.9 Å². The number of hydrogen-bond donors (Lipinski definition) is 2. The van der Waals surface area contributed by atoms with Crippen molar-refractivity contribution in [2.75, 3.05) is 11.3 Å². The Bertz CT molecular complexity index is 1040. The molecular formula is C19H18FN3O4S. The number of carbonyl (C=O) groups excluding carboxylic acids is 1. The molecule has 28 heavy (non-hydrogen) atoms. The van der Waals surface area contributed by atoms with E-state index in [0.29, 0.717) is 12.1 Å². The number of nitrogens with one attached hydrogen (secondary N) is 2. The quantitative estimate of drug-likeness (QED) is 0.563. The number of amides is 1. The molecule has 3 rings (SSSR count). The van der Waals surface area contributed by atoms with E-state index in [0.717, 1.165) is 24.5 Å². The van der Waals surface area contributed by atoms with Gasteiger partial charge in [0.1, 0.15) is 17.0 Å². The minimum absolute atomic E-state index is 0.229. The molecule has 0 unspecified atom stereocenters. The van der Waals surface area contributed by atoms with E-state index in [1.165, 1.54) is 42.5 Å². The standard InChI is InChI=1S/C19H18FN3O4S/c20-17-5-1-2-6-18(17)28(25,26)23-16-9-7-15(8-10-16)19(24)21-11-3-4-14-12-22-27-13-14/h1-2,5-10,12-13,23H,3-4,11H2,(H,21,24). The summed E-state index contributed by atoms with van der Waals surface area (Å²) < 4.78 is 45.3. The van der Waals surface area contributed by atoms with Gasteiger partial charge in [-0.25, -0.2) is 12.8 Å². The zero-order valence-electron chi connectivity index (χ0n) is 14.8. The van der Waals surface area contributed by atoms with Gasteiger partial charge in [-0.3, -0.25) is 9.52 Å². The topological polar surface area (TPSA) is 101 Å². The molecule has 1 aromatic heterocycles. The van der Waals surface area contributed by atoms with Crippen molar-refractivity contribution in [3.8, 4) is 0 Å². The van der Waals surface area contributed by atoms with Gasteiger partial charge >= 0.3 is 0 Å². The van der Waals surface area contributed by atoms with Crippen LogP contribution in [0.25, 0.3) is 0 Å². The van der Waals surface area contributed by atoms with E-state index in [1.807, 2.05) is 0 Å². The first kappa shape index (κ1) is 19.6. The van der Waals surface area contributed by atoms with Crippen molar-refractivity contribution in [2.45, 2.75) is 17.7 Å². The highest BCUT2D eigenvalue weighted by Gasteiger charge is 2.18. The minimum atomic E-state index is -4.05. The third-order valence-corrected chi connectivity index (χ3v) is 5.35. The highest BCUT2D eigenvalue weighted by atomic mass is 32.2. The monoisotopic (exact) mass is 403 g/mol. The molecule has 0 atom stereocenters. The summed E-state index contributed by atoms with van der Waals surface area (Å²) in [6.45, 7) is 0.478. The SMILES string of the molecule is O=C(NCCCc1cnoc1)c1ccc(NS(=O)(=O)c2ccccc2F)cc1. The van der Waals surface area contributed by atoms with E-state index in [4.69, 9.17) is 4.52 Å². The maximum absolute atomic E-state index is 13.7. The zero-order chi connectivity index (χ0) is 20.0. The molecule has 1 amide bonds. The third kappa shape index (κ3) is 4.95. The number of aromatic nitrogens is 1. The van der Waals surface area contributed by atoms with E-state index >= 15 is 0 Å². The number of halogens is 1. The van der Waals surface area contributed by atoms with Crippen molar-refractivity contribution < 1.29 is 22.1 Å². The molecule has 9 heteroatoms. The van der Waals surface area contributed by atoms with Crippen LogP contribution >= 0.6 is 0 Å². The van der Waals surface area contributed by atoms with E-state index in [-0.39, 0.29) is 11.6 Å². The summed E-state index contributed by atoms with van der Waals surface area (Å²) in [7, 11) is -4.05. The minimum Gasteiger partial charge on any atom is -0.364 e. The van der Waals surface area contributed by atoms with Crippen LogP contribution in [0.15, 0.2) is 70.4 Å². The van der Waals surface area contributed by atoms with Gasteiger partial charge in [0, 0.05) is 23.4 Å². The van der Waals surface area contributed by atoms with Crippen LogP contribution in [0.2, 0.25) is 0 Å². The van der Waals surface area contributed by atoms with Gasteiger partial charge in [-0.15, -0.1) is 0 Å². The normalized spacial score (nSPS) is 11.2. The molecule has 0 spiro atoms. The second-order valence-electron chi connectivity index (χ2n) is 6.01. The lowest BCUT2D eigenvalue weighted by Crippen LogP contribution is -2.24. The summed E-state index contributed by atoms with van der Waals surface area (Å²) in [4.78, 5) is 11.7. The van der Waals surface area contributed by atoms with Crippen molar-refractivity contribution >= 4 is 21.6 Å². The second-order valence-corrected chi connectivity index (χ2v) is 7.66. The van der Waals surface area contributed by atoms with Crippen molar-refractivity contribution in [1.82, 2.24) is 10.5 Å². The van der Waals surface area contributed by atoms with Gasteiger partial charge in [0.05, 0.1) is 6.20 Å². The van der Waals surface area contributed by atoms with E-state index in [1.54, 1.807) is 12.5 Å². The molecule has 0 fully saturated rings. The van der Waals surface area contributed by atoms with Crippen LogP contribution in [-0.2, 0) is 16.4 Å². The molecule has 3 aromatic rings. The Hall–Kier alpha value is -3.20. The molecule has 2 N–H and O–H groups in total. The van der Waals surface area contributed by atoms with Crippen LogP contribution in [0, 0.1) is 5.82 Å². The Kier molecular flexibility index (Phi) is 6.05. The van der Waals surface area contributed by atoms with Crippen LogP contribution in [0.5, 0.6) is 0 Å². The fourth-order valence-corrected chi connectivity index (χ4v) is 3.65. The van der Waals surface area contributed by atoms with E-state index in [2.05, 4.69) is 15.2 Å². The van der Waals surface area contributed by atoms with Crippen LogP contribution in [0.3, 0.4) is 0 Å². The van der Waals surface area contributed by atoms with Gasteiger partial charge in [-0.2, -0.15) is 0 Å². The van der Waals surface area contributed by atoms with Gasteiger partial charge in [0.25, 0.3) is 15.9 Å². The molecule has 2 aromatic carbocycles. The number of hydrogen-bond acceptors (Lipinski definition) is 5. The Balaban J connectivity index is 1.55. The Morgan fingerprint density at radius 3 is 2.54 bits per heavy atom. The Labute approximate surface area is 161 Å². The summed E-state index contributed by atoms with van der Waals surface area (Å²) in [6.07, 6.45) is 4.65. The molecule has 0 aliphatic heterocycles. The Morgan fingerprint density at radius 2 is 1.86 bits per heavy atom. The van der Waals surface area contributed by atoms with Gasteiger partial charge in [0.15, 0.2) is 0 Å². The molecular weight excluding hydrogens is 385 g/mol. The summed E-state index contributed by atoms with van der Waals surface area (Å²) in [5.74, 6) is -1.11. The fraction of sp³-hybridized carbons (Fsp3) is 0.158. The lowest BCUT2D eigenvalue weighted by atomic mass is 10.2. The van der Waals surface area contributed by atoms with Gasteiger partial charge < -0.3 is 9.84 Å². The fourth-order valence-electron chi connectivity index (χ4n) is 2.51. The molecule has 0 aliphatic rings. The number of aryl methyl sites for hydroxylation is 1. The van der Waals surface area contributed by atoms with Crippen LogP contribution in [-0.4, -0.2) is 26.0 Å². The van der Waals surface area contributed by atoms with Crippen LogP contribution in [0.1, 0.15) is 22.3 Å². The third-order valence-electron chi connectivity index (χ3n) is 3.94. The summed E-state index contributed by atoms with van der Waals surface area (Å²) in [5, 5.41) is 6.39. The van der Waals surface area contributed by atoms with Crippen LogP contribution < -0.4 is 10.0 Å². The van der Waals surface area contributed by atoms with Gasteiger partial charge in [-0.1, -0.05) is 17.3 Å². The summed E-state index contributed by atoms with van der Waals surface area (Å²) in [6, 6.07) is 11.0. The van der Waals surface area contributed by atoms with Crippen LogP contribution in [0.4, 0.5) is 10.1 Å². The second kappa shape index (κ2) is 8.66. The zero-order valence-corrected chi connectivity index (χ0v) is 15.6. The van der Waals surface area contributed by atoms with Crippen molar-refractivity contribution in [2.24, 2.45) is 0 Å². The average molecular weight is 403 g/mol. The first-order valence-electron chi connectivity index (χ1n) is 8.49. The molecule has 0 bridgehead atoms. The number of rotatable bonds is 8. The molecule has 0 saturated heterocycles. The number of anilines is 1. The molecule has 0 aliphatic carbocycles. The summed E-state index contributed by atoms with van der Waals surface area (Å²) in [5.41, 5.74) is 1.58. The molecule has 7 nitrogen and oxygen atoms in total. The lowest BCUT2D eigenvalue weighted by Gasteiger charge is -2.10. The summed E-state index contributed by atoms with van der Waals surface area (Å²) >= 11 is 0. The Morgan fingerprint density at radius 1 is 1.11 bits per heavy atom. The first-order chi connectivity index (χ1) is 13.5. The predicted octanol–water partition coefficient (Wildman–Crippen LogP) is 2.98. The predicted molar refractivity (Wildman–Crippen MR) is 101 cm³/mol. The highest BCUT2D eigenvalue weighted by molar-refractivity contribution is 7.92. The number of nitrogens with zero attached hydrogens (tertiary/aromatic N) is 1. The maximum atomic E-state index is 13.7. The lowest BCUT2D eigenvalue weighted by molar-refractivity contribution is 0.0953. The highest BCUT2D eigenvalue weighted by Crippen LogP contribution is 2.19. The van der Waals surface area contributed by atoms with Gasteiger partial charge in [-0.05, 0) is 49.2 Å². The number of benzene rings is 2. The van der Waals surface area contributed by atoms with Crippen molar-refractivity contribution in [1.29, 1.82) is 0 Å². The first-order valence-corrected chi connectivity index (χ1v) is 9.98. The van der Waals surface area contributed by atoms with Crippen molar-refractivity contribution in [3.63, 3.8) is 0 Å². The maximum Gasteiger partial charge on any atom is 0.264 e. The molecule has 0 radical (unpaired) electrons. The van der Waals surface area contributed by atoms with E-state index < -0.39 is 20.7 Å². The average Bonchev–Trinajstić information content (AvgIpc) is 3.19. The molecule has 1 heterocycles. The molecule has 146 valence electrons. The van der Waals surface area contributed by atoms with E-state index in [9.17, 15) is 17.6 Å². The molecule has 0 saturated carbocycles. The largest absolute Gasteiger partial charge is 0.364 e. The smallest absolute Gasteiger partial charge is 0.264 e.